The molecule has 4 heteroatoms. The number of ether oxygens (including phenoxy) is 1. The smallest absolute Gasteiger partial charge is 0.144 e. The van der Waals surface area contributed by atoms with Crippen LogP contribution in [0.15, 0.2) is 47.2 Å². The second-order valence-electron chi connectivity index (χ2n) is 8.77. The highest BCUT2D eigenvalue weighted by Gasteiger charge is 2.12. The fourth-order valence-corrected chi connectivity index (χ4v) is 4.24. The minimum absolute atomic E-state index is 0.640. The fourth-order valence-electron chi connectivity index (χ4n) is 4.24. The molecule has 3 heterocycles. The van der Waals surface area contributed by atoms with Crippen molar-refractivity contribution in [2.45, 2.75) is 90.9 Å². The maximum Gasteiger partial charge on any atom is 0.144 e. The molecule has 2 N–H and O–H groups in total. The zero-order chi connectivity index (χ0) is 22.4. The Morgan fingerprint density at radius 3 is 2.25 bits per heavy atom. The van der Waals surface area contributed by atoms with Gasteiger partial charge in [0, 0.05) is 18.0 Å². The molecular formula is C28H41N3O. The molecule has 0 radical (unpaired) electrons. The van der Waals surface area contributed by atoms with Crippen LogP contribution < -0.4 is 4.74 Å². The minimum Gasteiger partial charge on any atom is -0.492 e. The first-order chi connectivity index (χ1) is 15.8. The summed E-state index contributed by atoms with van der Waals surface area (Å²) in [5, 5.41) is 0. The molecule has 0 unspecified atom stereocenters. The van der Waals surface area contributed by atoms with Gasteiger partial charge in [0.05, 0.1) is 29.4 Å². The van der Waals surface area contributed by atoms with E-state index >= 15 is 0 Å². The summed E-state index contributed by atoms with van der Waals surface area (Å²) in [6, 6.07) is 6.10. The van der Waals surface area contributed by atoms with Crippen LogP contribution >= 0.6 is 0 Å². The van der Waals surface area contributed by atoms with Gasteiger partial charge in [-0.3, -0.25) is 4.99 Å². The number of aromatic amines is 2. The molecule has 0 saturated carbocycles. The lowest BCUT2D eigenvalue weighted by molar-refractivity contribution is 0.340. The Balaban J connectivity index is 1.39. The SMILES string of the molecule is CCCCCCCCCCCCCC1=NC(=Cc2[nH]c(-c3ccc[nH]3)cc2OCC)C=C1. The molecule has 0 amide bonds. The zero-order valence-corrected chi connectivity index (χ0v) is 20.1. The molecule has 174 valence electrons. The van der Waals surface area contributed by atoms with E-state index in [9.17, 15) is 0 Å². The molecule has 1 aliphatic rings. The van der Waals surface area contributed by atoms with Crippen molar-refractivity contribution in [3.8, 4) is 17.1 Å². The van der Waals surface area contributed by atoms with Crippen LogP contribution in [-0.4, -0.2) is 22.3 Å². The number of hydrogen-bond donors (Lipinski definition) is 2. The van der Waals surface area contributed by atoms with Gasteiger partial charge in [-0.1, -0.05) is 71.1 Å². The fraction of sp³-hybridized carbons (Fsp3) is 0.536. The number of unbranched alkanes of at least 4 members (excludes halogenated alkanes) is 10. The molecule has 0 saturated heterocycles. The number of allylic oxidation sites excluding steroid dienone is 2. The molecule has 0 aromatic carbocycles. The molecule has 0 spiro atoms. The summed E-state index contributed by atoms with van der Waals surface area (Å²) in [5.74, 6) is 0.868. The second-order valence-corrected chi connectivity index (χ2v) is 8.77. The third kappa shape index (κ3) is 7.89. The van der Waals surface area contributed by atoms with Crippen molar-refractivity contribution in [3.05, 3.63) is 47.9 Å². The van der Waals surface area contributed by atoms with Gasteiger partial charge in [0.25, 0.3) is 0 Å². The third-order valence-corrected chi connectivity index (χ3v) is 6.05. The van der Waals surface area contributed by atoms with Gasteiger partial charge < -0.3 is 14.7 Å². The number of aliphatic imine (C=N–C) groups is 1. The lowest BCUT2D eigenvalue weighted by atomic mass is 10.0. The number of aromatic nitrogens is 2. The van der Waals surface area contributed by atoms with Gasteiger partial charge in [0.1, 0.15) is 5.75 Å². The summed E-state index contributed by atoms with van der Waals surface area (Å²) < 4.78 is 5.83. The van der Waals surface area contributed by atoms with E-state index in [4.69, 9.17) is 9.73 Å². The minimum atomic E-state index is 0.640. The standard InChI is InChI=1S/C28H41N3O/c1-3-5-6-7-8-9-10-11-12-13-14-16-23-18-19-24(30-23)21-27-28(32-4-2)22-26(31-27)25-17-15-20-29-25/h15,17-22,29,31H,3-14,16H2,1-2H3. The highest BCUT2D eigenvalue weighted by molar-refractivity contribution is 5.99. The number of hydrogen-bond acceptors (Lipinski definition) is 2. The normalized spacial score (nSPS) is 14.4. The van der Waals surface area contributed by atoms with Crippen molar-refractivity contribution < 1.29 is 4.74 Å². The van der Waals surface area contributed by atoms with Crippen LogP contribution in [0, 0.1) is 0 Å². The molecule has 0 bridgehead atoms. The molecule has 0 aliphatic carbocycles. The Kier molecular flexibility index (Phi) is 10.4. The molecule has 4 nitrogen and oxygen atoms in total. The molecular weight excluding hydrogens is 394 g/mol. The Morgan fingerprint density at radius 2 is 1.59 bits per heavy atom. The summed E-state index contributed by atoms with van der Waals surface area (Å²) in [7, 11) is 0. The number of H-pyrrole nitrogens is 2. The zero-order valence-electron chi connectivity index (χ0n) is 20.1. The third-order valence-electron chi connectivity index (χ3n) is 6.05. The number of rotatable bonds is 16. The van der Waals surface area contributed by atoms with E-state index in [0.29, 0.717) is 6.61 Å². The predicted octanol–water partition coefficient (Wildman–Crippen LogP) is 8.46. The van der Waals surface area contributed by atoms with E-state index in [0.717, 1.165) is 34.9 Å². The van der Waals surface area contributed by atoms with Crippen LogP contribution in [0.25, 0.3) is 17.5 Å². The van der Waals surface area contributed by atoms with Crippen LogP contribution in [0.3, 0.4) is 0 Å². The van der Waals surface area contributed by atoms with E-state index in [1.807, 2.05) is 19.2 Å². The van der Waals surface area contributed by atoms with Crippen LogP contribution in [0.1, 0.15) is 96.6 Å². The molecule has 0 atom stereocenters. The van der Waals surface area contributed by atoms with E-state index < -0.39 is 0 Å². The summed E-state index contributed by atoms with van der Waals surface area (Å²) in [6.07, 6.45) is 24.5. The highest BCUT2D eigenvalue weighted by atomic mass is 16.5. The lowest BCUT2D eigenvalue weighted by Crippen LogP contribution is -1.92. The van der Waals surface area contributed by atoms with Gasteiger partial charge in [-0.05, 0) is 50.1 Å². The van der Waals surface area contributed by atoms with E-state index in [1.54, 1.807) is 0 Å². The first kappa shape index (κ1) is 24.2. The number of nitrogens with zero attached hydrogens (tertiary/aromatic N) is 1. The Hall–Kier alpha value is -2.49. The van der Waals surface area contributed by atoms with Crippen molar-refractivity contribution in [2.75, 3.05) is 6.61 Å². The van der Waals surface area contributed by atoms with Crippen LogP contribution in [0.4, 0.5) is 0 Å². The molecule has 0 fully saturated rings. The first-order valence-corrected chi connectivity index (χ1v) is 12.8. The average Bonchev–Trinajstić information content (AvgIpc) is 3.55. The van der Waals surface area contributed by atoms with Crippen LogP contribution in [0.2, 0.25) is 0 Å². The van der Waals surface area contributed by atoms with Crippen molar-refractivity contribution >= 4 is 11.8 Å². The van der Waals surface area contributed by atoms with Gasteiger partial charge in [-0.25, -0.2) is 0 Å². The van der Waals surface area contributed by atoms with Crippen molar-refractivity contribution in [1.82, 2.24) is 9.97 Å². The van der Waals surface area contributed by atoms with E-state index in [2.05, 4.69) is 47.3 Å². The molecule has 1 aliphatic heterocycles. The van der Waals surface area contributed by atoms with Crippen molar-refractivity contribution in [2.24, 2.45) is 4.99 Å². The van der Waals surface area contributed by atoms with Gasteiger partial charge in [0.2, 0.25) is 0 Å². The summed E-state index contributed by atoms with van der Waals surface area (Å²) in [6.45, 7) is 4.93. The van der Waals surface area contributed by atoms with Crippen LogP contribution in [0.5, 0.6) is 5.75 Å². The first-order valence-electron chi connectivity index (χ1n) is 12.8. The van der Waals surface area contributed by atoms with Gasteiger partial charge >= 0.3 is 0 Å². The lowest BCUT2D eigenvalue weighted by Gasteiger charge is -2.02. The maximum atomic E-state index is 5.83. The van der Waals surface area contributed by atoms with Gasteiger partial charge in [-0.2, -0.15) is 0 Å². The van der Waals surface area contributed by atoms with Gasteiger partial charge in [-0.15, -0.1) is 0 Å². The summed E-state index contributed by atoms with van der Waals surface area (Å²) in [5.41, 5.74) is 5.23. The topological polar surface area (TPSA) is 53.2 Å². The predicted molar refractivity (Wildman–Crippen MR) is 137 cm³/mol. The Bertz CT molecular complexity index is 871. The maximum absolute atomic E-state index is 5.83. The molecule has 2 aromatic rings. The number of nitrogens with one attached hydrogen (secondary N) is 2. The molecule has 32 heavy (non-hydrogen) atoms. The quantitative estimate of drug-likeness (QED) is 0.255. The molecule has 2 aromatic heterocycles. The molecule has 3 rings (SSSR count). The van der Waals surface area contributed by atoms with Crippen molar-refractivity contribution in [3.63, 3.8) is 0 Å². The second kappa shape index (κ2) is 13.8. The van der Waals surface area contributed by atoms with E-state index in [-0.39, 0.29) is 0 Å². The Morgan fingerprint density at radius 1 is 0.875 bits per heavy atom. The summed E-state index contributed by atoms with van der Waals surface area (Å²) >= 11 is 0. The average molecular weight is 436 g/mol. The van der Waals surface area contributed by atoms with Crippen LogP contribution in [-0.2, 0) is 0 Å². The highest BCUT2D eigenvalue weighted by Crippen LogP contribution is 2.29. The van der Waals surface area contributed by atoms with E-state index in [1.165, 1.54) is 76.3 Å². The largest absolute Gasteiger partial charge is 0.492 e. The van der Waals surface area contributed by atoms with Crippen molar-refractivity contribution in [1.29, 1.82) is 0 Å². The summed E-state index contributed by atoms with van der Waals surface area (Å²) in [4.78, 5) is 11.5. The monoisotopic (exact) mass is 435 g/mol. The van der Waals surface area contributed by atoms with Gasteiger partial charge in [0.15, 0.2) is 0 Å². The Labute approximate surface area is 194 Å².